The lowest BCUT2D eigenvalue weighted by molar-refractivity contribution is 0.00899. The maximum absolute atomic E-state index is 12.2. The quantitative estimate of drug-likeness (QED) is 0.784. The molecule has 2 rings (SSSR count). The van der Waals surface area contributed by atoms with Crippen molar-refractivity contribution in [2.24, 2.45) is 0 Å². The summed E-state index contributed by atoms with van der Waals surface area (Å²) in [5.74, 6) is 0. The van der Waals surface area contributed by atoms with Gasteiger partial charge in [-0.1, -0.05) is 6.92 Å². The van der Waals surface area contributed by atoms with Gasteiger partial charge >= 0.3 is 6.09 Å². The predicted octanol–water partition coefficient (Wildman–Crippen LogP) is 2.58. The number of carbonyl (C=O) groups is 1. The van der Waals surface area contributed by atoms with Gasteiger partial charge in [-0.25, -0.2) is 4.79 Å². The van der Waals surface area contributed by atoms with Crippen LogP contribution in [0, 0.1) is 0 Å². The molecule has 1 amide bonds. The van der Waals surface area contributed by atoms with Gasteiger partial charge in [0.25, 0.3) is 0 Å². The molecule has 0 saturated carbocycles. The zero-order valence-corrected chi connectivity index (χ0v) is 12.4. The summed E-state index contributed by atoms with van der Waals surface area (Å²) in [6.45, 7) is 11.1. The molecule has 1 aromatic heterocycles. The van der Waals surface area contributed by atoms with E-state index in [0.29, 0.717) is 6.54 Å². The topological polar surface area (TPSA) is 47.4 Å². The summed E-state index contributed by atoms with van der Waals surface area (Å²) in [7, 11) is 0. The summed E-state index contributed by atoms with van der Waals surface area (Å²) in [6.07, 6.45) is 2.60. The van der Waals surface area contributed by atoms with Crippen LogP contribution in [0.3, 0.4) is 0 Å². The Morgan fingerprint density at radius 1 is 1.53 bits per heavy atom. The third-order valence-corrected chi connectivity index (χ3v) is 3.33. The first-order chi connectivity index (χ1) is 8.81. The molecule has 1 aromatic rings. The van der Waals surface area contributed by atoms with Crippen molar-refractivity contribution in [1.29, 1.82) is 0 Å². The minimum absolute atomic E-state index is 0.104. The zero-order valence-electron chi connectivity index (χ0n) is 12.4. The second-order valence-electron chi connectivity index (χ2n) is 6.11. The van der Waals surface area contributed by atoms with E-state index in [1.807, 2.05) is 38.6 Å². The molecule has 1 aliphatic heterocycles. The molecule has 1 aliphatic rings. The Labute approximate surface area is 114 Å². The van der Waals surface area contributed by atoms with Crippen LogP contribution in [-0.2, 0) is 24.2 Å². The van der Waals surface area contributed by atoms with E-state index >= 15 is 0 Å². The van der Waals surface area contributed by atoms with Crippen LogP contribution in [0.1, 0.15) is 45.9 Å². The minimum atomic E-state index is -0.456. The molecule has 1 atom stereocenters. The first kappa shape index (κ1) is 13.9. The smallest absolute Gasteiger partial charge is 0.410 e. The van der Waals surface area contributed by atoms with E-state index in [2.05, 4.69) is 12.0 Å². The maximum Gasteiger partial charge on any atom is 0.410 e. The van der Waals surface area contributed by atoms with Crippen molar-refractivity contribution in [2.75, 3.05) is 0 Å². The monoisotopic (exact) mass is 265 g/mol. The molecule has 106 valence electrons. The average Bonchev–Trinajstić information content (AvgIpc) is 2.67. The van der Waals surface area contributed by atoms with Crippen molar-refractivity contribution < 1.29 is 9.53 Å². The van der Waals surface area contributed by atoms with E-state index in [-0.39, 0.29) is 12.1 Å². The first-order valence-electron chi connectivity index (χ1n) is 6.85. The van der Waals surface area contributed by atoms with E-state index in [9.17, 15) is 4.79 Å². The van der Waals surface area contributed by atoms with Crippen LogP contribution >= 0.6 is 0 Å². The lowest BCUT2D eigenvalue weighted by Gasteiger charge is -2.35. The Kier molecular flexibility index (Phi) is 3.56. The van der Waals surface area contributed by atoms with Gasteiger partial charge in [-0.3, -0.25) is 9.58 Å². The highest BCUT2D eigenvalue weighted by molar-refractivity contribution is 5.68. The van der Waals surface area contributed by atoms with E-state index < -0.39 is 5.60 Å². The van der Waals surface area contributed by atoms with E-state index in [1.165, 1.54) is 5.56 Å². The van der Waals surface area contributed by atoms with E-state index in [1.54, 1.807) is 4.90 Å². The van der Waals surface area contributed by atoms with Crippen LogP contribution in [0.25, 0.3) is 0 Å². The number of aryl methyl sites for hydroxylation is 1. The number of ether oxygens (including phenoxy) is 1. The summed E-state index contributed by atoms with van der Waals surface area (Å²) in [4.78, 5) is 14.0. The highest BCUT2D eigenvalue weighted by Gasteiger charge is 2.31. The fourth-order valence-electron chi connectivity index (χ4n) is 2.32. The van der Waals surface area contributed by atoms with Gasteiger partial charge < -0.3 is 4.74 Å². The molecule has 19 heavy (non-hydrogen) atoms. The maximum atomic E-state index is 12.2. The van der Waals surface area contributed by atoms with E-state index in [0.717, 1.165) is 18.7 Å². The average molecular weight is 265 g/mol. The number of amides is 1. The minimum Gasteiger partial charge on any atom is -0.444 e. The molecule has 0 spiro atoms. The summed E-state index contributed by atoms with van der Waals surface area (Å²) >= 11 is 0. The lowest BCUT2D eigenvalue weighted by atomic mass is 10.1. The molecule has 5 nitrogen and oxygen atoms in total. The van der Waals surface area contributed by atoms with Crippen molar-refractivity contribution in [1.82, 2.24) is 14.7 Å². The Balaban J connectivity index is 2.18. The number of nitrogens with zero attached hydrogens (tertiary/aromatic N) is 3. The SMILES string of the molecule is CCc1cnn2c1CN(C(=O)OC(C)(C)C)[C@H](C)C2. The third-order valence-electron chi connectivity index (χ3n) is 3.33. The van der Waals surface area contributed by atoms with Gasteiger partial charge in [0.2, 0.25) is 0 Å². The van der Waals surface area contributed by atoms with Crippen LogP contribution in [-0.4, -0.2) is 32.4 Å². The number of carbonyl (C=O) groups excluding carboxylic acids is 1. The highest BCUT2D eigenvalue weighted by Crippen LogP contribution is 2.23. The normalized spacial score (nSPS) is 19.2. The molecule has 2 heterocycles. The van der Waals surface area contributed by atoms with Crippen molar-refractivity contribution in [3.05, 3.63) is 17.5 Å². The highest BCUT2D eigenvalue weighted by atomic mass is 16.6. The Morgan fingerprint density at radius 2 is 2.21 bits per heavy atom. The molecule has 0 aromatic carbocycles. The summed E-state index contributed by atoms with van der Waals surface area (Å²) < 4.78 is 7.47. The number of hydrogen-bond donors (Lipinski definition) is 0. The number of rotatable bonds is 1. The molecule has 0 radical (unpaired) electrons. The Hall–Kier alpha value is -1.52. The fourth-order valence-corrected chi connectivity index (χ4v) is 2.32. The van der Waals surface area contributed by atoms with Crippen LogP contribution in [0.2, 0.25) is 0 Å². The van der Waals surface area contributed by atoms with Crippen LogP contribution < -0.4 is 0 Å². The Bertz CT molecular complexity index is 474. The van der Waals surface area contributed by atoms with Gasteiger partial charge in [0.15, 0.2) is 0 Å². The standard InChI is InChI=1S/C14H23N3O2/c1-6-11-7-15-17-8-10(2)16(9-12(11)17)13(18)19-14(3,4)5/h7,10H,6,8-9H2,1-5H3/t10-/m1/s1. The van der Waals surface area contributed by atoms with Gasteiger partial charge in [-0.2, -0.15) is 5.10 Å². The van der Waals surface area contributed by atoms with Crippen molar-refractivity contribution in [3.63, 3.8) is 0 Å². The van der Waals surface area contributed by atoms with Gasteiger partial charge in [0.05, 0.1) is 31.0 Å². The molecule has 0 N–H and O–H groups in total. The molecule has 0 bridgehead atoms. The largest absolute Gasteiger partial charge is 0.444 e. The number of fused-ring (bicyclic) bond motifs is 1. The van der Waals surface area contributed by atoms with Crippen molar-refractivity contribution in [3.8, 4) is 0 Å². The molecule has 0 aliphatic carbocycles. The molecule has 0 saturated heterocycles. The lowest BCUT2D eigenvalue weighted by Crippen LogP contribution is -2.47. The molecular formula is C14H23N3O2. The predicted molar refractivity (Wildman–Crippen MR) is 72.8 cm³/mol. The summed E-state index contributed by atoms with van der Waals surface area (Å²) in [6, 6.07) is 0.104. The number of aromatic nitrogens is 2. The molecule has 0 fully saturated rings. The first-order valence-corrected chi connectivity index (χ1v) is 6.85. The van der Waals surface area contributed by atoms with Crippen LogP contribution in [0.15, 0.2) is 6.20 Å². The third kappa shape index (κ3) is 2.91. The second kappa shape index (κ2) is 4.87. The van der Waals surface area contributed by atoms with Gasteiger partial charge in [0, 0.05) is 0 Å². The van der Waals surface area contributed by atoms with Crippen molar-refractivity contribution >= 4 is 6.09 Å². The number of hydrogen-bond acceptors (Lipinski definition) is 3. The fraction of sp³-hybridized carbons (Fsp3) is 0.714. The van der Waals surface area contributed by atoms with Gasteiger partial charge in [-0.15, -0.1) is 0 Å². The zero-order chi connectivity index (χ0) is 14.2. The van der Waals surface area contributed by atoms with Crippen molar-refractivity contribution in [2.45, 2.75) is 65.8 Å². The van der Waals surface area contributed by atoms with Crippen LogP contribution in [0.4, 0.5) is 4.79 Å². The Morgan fingerprint density at radius 3 is 2.79 bits per heavy atom. The molecular weight excluding hydrogens is 242 g/mol. The molecule has 5 heteroatoms. The summed E-state index contributed by atoms with van der Waals surface area (Å²) in [5.41, 5.74) is 1.88. The van der Waals surface area contributed by atoms with Crippen LogP contribution in [0.5, 0.6) is 0 Å². The van der Waals surface area contributed by atoms with Gasteiger partial charge in [-0.05, 0) is 39.7 Å². The van der Waals surface area contributed by atoms with Gasteiger partial charge in [0.1, 0.15) is 5.60 Å². The summed E-state index contributed by atoms with van der Waals surface area (Å²) in [5, 5.41) is 4.38. The second-order valence-corrected chi connectivity index (χ2v) is 6.11. The van der Waals surface area contributed by atoms with E-state index in [4.69, 9.17) is 4.74 Å². The molecule has 0 unspecified atom stereocenters.